The number of Topliss-reactive ketones (excluding diaryl/α,β-unsaturated/α-hetero) is 2. The van der Waals surface area contributed by atoms with Gasteiger partial charge >= 0.3 is 18.3 Å². The summed E-state index contributed by atoms with van der Waals surface area (Å²) in [6, 6.07) is 7.97. The van der Waals surface area contributed by atoms with Crippen molar-refractivity contribution < 1.29 is 52.0 Å². The monoisotopic (exact) mass is 604 g/mol. The van der Waals surface area contributed by atoms with Crippen LogP contribution in [0.25, 0.3) is 0 Å². The molecule has 0 unspecified atom stereocenters. The van der Waals surface area contributed by atoms with Crippen molar-refractivity contribution in [3.05, 3.63) is 57.6 Å². The van der Waals surface area contributed by atoms with Gasteiger partial charge in [-0.15, -0.1) is 13.2 Å². The van der Waals surface area contributed by atoms with Crippen LogP contribution in [0.15, 0.2) is 36.4 Å². The maximum atomic E-state index is 12.1. The maximum absolute atomic E-state index is 12.1. The molecule has 2 fully saturated rings. The maximum Gasteiger partial charge on any atom is 0.573 e. The van der Waals surface area contributed by atoms with Gasteiger partial charge in [0.05, 0.1) is 28.0 Å². The fourth-order valence-corrected chi connectivity index (χ4v) is 4.30. The average Bonchev–Trinajstić information content (AvgIpc) is 3.78. The molecule has 4 rings (SSSR count). The van der Waals surface area contributed by atoms with Gasteiger partial charge < -0.3 is 19.7 Å². The Morgan fingerprint density at radius 1 is 0.850 bits per heavy atom. The van der Waals surface area contributed by atoms with Crippen LogP contribution in [0.1, 0.15) is 53.8 Å². The van der Waals surface area contributed by atoms with Gasteiger partial charge in [-0.25, -0.2) is 0 Å². The second-order valence-electron chi connectivity index (χ2n) is 9.48. The fraction of sp³-hybridized carbons (Fsp3) is 0.407. The summed E-state index contributed by atoms with van der Waals surface area (Å²) >= 11 is 11.7. The van der Waals surface area contributed by atoms with Crippen LogP contribution < -0.4 is 9.47 Å². The summed E-state index contributed by atoms with van der Waals surface area (Å²) < 4.78 is 45.4. The molecule has 0 aromatic heterocycles. The molecule has 40 heavy (non-hydrogen) atoms. The Bertz CT molecular complexity index is 1310. The van der Waals surface area contributed by atoms with Crippen LogP contribution in [-0.4, -0.2) is 46.2 Å². The summed E-state index contributed by atoms with van der Waals surface area (Å²) in [7, 11) is 0. The predicted octanol–water partition coefficient (Wildman–Crippen LogP) is 6.56. The smallest absolute Gasteiger partial charge is 0.489 e. The highest BCUT2D eigenvalue weighted by Crippen LogP contribution is 2.43. The lowest BCUT2D eigenvalue weighted by molar-refractivity contribution is -0.274. The first-order valence-electron chi connectivity index (χ1n) is 12.2. The highest BCUT2D eigenvalue weighted by molar-refractivity contribution is 6.32. The summed E-state index contributed by atoms with van der Waals surface area (Å²) in [5, 5.41) is 17.6. The van der Waals surface area contributed by atoms with Crippen molar-refractivity contribution in [2.45, 2.75) is 45.6 Å². The summed E-state index contributed by atoms with van der Waals surface area (Å²) in [5.74, 6) is -4.97. The van der Waals surface area contributed by atoms with Crippen molar-refractivity contribution in [3.8, 4) is 11.5 Å². The van der Waals surface area contributed by atoms with Gasteiger partial charge in [-0.1, -0.05) is 30.1 Å². The van der Waals surface area contributed by atoms with Gasteiger partial charge in [0, 0.05) is 23.0 Å². The molecule has 0 saturated heterocycles. The number of carboxylic acid groups (broad SMARTS) is 2. The van der Waals surface area contributed by atoms with Gasteiger partial charge in [-0.05, 0) is 62.6 Å². The normalized spacial score (nSPS) is 21.8. The lowest BCUT2D eigenvalue weighted by atomic mass is 10.1. The molecule has 2 N–H and O–H groups in total. The highest BCUT2D eigenvalue weighted by atomic mass is 35.5. The molecule has 2 aromatic carbocycles. The molecule has 2 aliphatic rings. The molecule has 2 aliphatic carbocycles. The molecule has 2 saturated carbocycles. The molecule has 13 heteroatoms. The van der Waals surface area contributed by atoms with Gasteiger partial charge in [-0.3, -0.25) is 19.2 Å². The first kappa shape index (κ1) is 31.2. The zero-order valence-corrected chi connectivity index (χ0v) is 22.7. The minimum Gasteiger partial charge on any atom is -0.489 e. The number of carboxylic acids is 2. The van der Waals surface area contributed by atoms with Crippen molar-refractivity contribution in [2.75, 3.05) is 0 Å². The molecule has 0 amide bonds. The number of benzene rings is 2. The molecule has 0 heterocycles. The molecule has 8 nitrogen and oxygen atoms in total. The van der Waals surface area contributed by atoms with Crippen molar-refractivity contribution in [1.29, 1.82) is 0 Å². The third-order valence-electron chi connectivity index (χ3n) is 6.45. The number of ether oxygens (including phenoxy) is 2. The highest BCUT2D eigenvalue weighted by Gasteiger charge is 2.49. The number of carbonyl (C=O) groups excluding carboxylic acids is 2. The Hall–Kier alpha value is -3.31. The zero-order valence-electron chi connectivity index (χ0n) is 21.2. The second-order valence-corrected chi connectivity index (χ2v) is 10.3. The predicted molar refractivity (Wildman–Crippen MR) is 137 cm³/mol. The van der Waals surface area contributed by atoms with Crippen LogP contribution in [0.2, 0.25) is 10.0 Å². The Morgan fingerprint density at radius 2 is 1.27 bits per heavy atom. The first-order chi connectivity index (χ1) is 18.6. The van der Waals surface area contributed by atoms with E-state index in [0.29, 0.717) is 22.8 Å². The minimum atomic E-state index is -4.87. The molecule has 216 valence electrons. The van der Waals surface area contributed by atoms with Crippen LogP contribution in [0.3, 0.4) is 0 Å². The molecular weight excluding hydrogens is 580 g/mol. The first-order valence-corrected chi connectivity index (χ1v) is 12.9. The molecular formula is C27H25Cl2F3O8. The Morgan fingerprint density at radius 3 is 1.60 bits per heavy atom. The summed E-state index contributed by atoms with van der Waals surface area (Å²) in [5.41, 5.74) is 0.513. The quantitative estimate of drug-likeness (QED) is 0.292. The fourth-order valence-electron chi connectivity index (χ4n) is 3.85. The van der Waals surface area contributed by atoms with E-state index < -0.39 is 53.5 Å². The van der Waals surface area contributed by atoms with Crippen LogP contribution in [0, 0.1) is 23.7 Å². The lowest BCUT2D eigenvalue weighted by Crippen LogP contribution is -2.17. The van der Waals surface area contributed by atoms with Crippen LogP contribution in [0.4, 0.5) is 13.2 Å². The number of alkyl halides is 3. The Balaban J connectivity index is 0.000000220. The van der Waals surface area contributed by atoms with Crippen molar-refractivity contribution in [3.63, 3.8) is 0 Å². The summed E-state index contributed by atoms with van der Waals surface area (Å²) in [6.07, 6.45) is -3.32. The topological polar surface area (TPSA) is 127 Å². The second kappa shape index (κ2) is 12.5. The molecule has 0 spiro atoms. The number of carbonyl (C=O) groups is 4. The van der Waals surface area contributed by atoms with E-state index in [9.17, 15) is 32.3 Å². The van der Waals surface area contributed by atoms with Crippen LogP contribution in [-0.2, 0) is 9.59 Å². The van der Waals surface area contributed by atoms with Gasteiger partial charge in [0.25, 0.3) is 0 Å². The van der Waals surface area contributed by atoms with E-state index >= 15 is 0 Å². The number of ketones is 2. The van der Waals surface area contributed by atoms with E-state index in [1.54, 1.807) is 18.2 Å². The molecule has 0 aliphatic heterocycles. The zero-order chi connectivity index (χ0) is 29.9. The number of hydrogen-bond acceptors (Lipinski definition) is 6. The van der Waals surface area contributed by atoms with E-state index in [2.05, 4.69) is 4.74 Å². The Labute approximate surface area is 237 Å². The third kappa shape index (κ3) is 8.11. The van der Waals surface area contributed by atoms with E-state index in [0.717, 1.165) is 24.6 Å². The molecule has 5 atom stereocenters. The summed E-state index contributed by atoms with van der Waals surface area (Å²) in [4.78, 5) is 45.4. The van der Waals surface area contributed by atoms with Crippen molar-refractivity contribution in [1.82, 2.24) is 0 Å². The molecule has 0 radical (unpaired) electrons. The summed E-state index contributed by atoms with van der Waals surface area (Å²) in [6.45, 7) is 3.95. The third-order valence-corrected chi connectivity index (χ3v) is 7.04. The largest absolute Gasteiger partial charge is 0.573 e. The van der Waals surface area contributed by atoms with Crippen molar-refractivity contribution in [2.24, 2.45) is 23.7 Å². The lowest BCUT2D eigenvalue weighted by Gasteiger charge is -2.14. The molecule has 0 bridgehead atoms. The van der Waals surface area contributed by atoms with E-state index in [1.165, 1.54) is 0 Å². The standard InChI is InChI=1S/C15H17ClO4.C12H8ClF3O4/c1-3-8(2)20-13-5-4-9(6-12(13)16)14(17)10-7-11(10)15(18)19;13-8-3-5(1-2-9(8)20-12(14,15)16)10(17)6-4-7(6)11(18)19/h4-6,8,10-11H,3,7H2,1-2H3,(H,18,19);1-3,6-7H,4H2,(H,18,19)/t8-,10-,11-;6-,7-/m00/s1. The van der Waals surface area contributed by atoms with E-state index in [1.807, 2.05) is 13.8 Å². The van der Waals surface area contributed by atoms with Crippen molar-refractivity contribution >= 4 is 46.7 Å². The minimum absolute atomic E-state index is 0.0499. The number of halogens is 5. The Kier molecular flexibility index (Phi) is 9.73. The van der Waals surface area contributed by atoms with Gasteiger partial charge in [0.2, 0.25) is 0 Å². The van der Waals surface area contributed by atoms with E-state index in [4.69, 9.17) is 38.2 Å². The number of aliphatic carboxylic acids is 2. The van der Waals surface area contributed by atoms with Gasteiger partial charge in [0.15, 0.2) is 11.6 Å². The average molecular weight is 605 g/mol. The van der Waals surface area contributed by atoms with Gasteiger partial charge in [-0.2, -0.15) is 0 Å². The van der Waals surface area contributed by atoms with Crippen LogP contribution >= 0.6 is 23.2 Å². The SMILES string of the molecule is CC[C@H](C)Oc1ccc(C(=O)[C@H]2C[C@@H]2C(=O)O)cc1Cl.O=C(O)[C@H]1C[C@@H]1C(=O)c1ccc(OC(F)(F)F)c(Cl)c1. The number of hydrogen-bond donors (Lipinski definition) is 2. The molecule has 2 aromatic rings. The van der Waals surface area contributed by atoms with E-state index in [-0.39, 0.29) is 28.9 Å². The van der Waals surface area contributed by atoms with Gasteiger partial charge in [0.1, 0.15) is 11.5 Å². The number of rotatable bonds is 10. The van der Waals surface area contributed by atoms with Crippen LogP contribution in [0.5, 0.6) is 11.5 Å².